The zero-order valence-electron chi connectivity index (χ0n) is 8.50. The SMILES string of the molecule is CNCc1cccc2c1CN(C)C2=O. The molecular weight excluding hydrogens is 176 g/mol. The lowest BCUT2D eigenvalue weighted by Crippen LogP contribution is -2.17. The Morgan fingerprint density at radius 2 is 2.29 bits per heavy atom. The van der Waals surface area contributed by atoms with Crippen molar-refractivity contribution in [2.24, 2.45) is 0 Å². The molecule has 3 heteroatoms. The molecule has 1 heterocycles. The number of nitrogens with zero attached hydrogens (tertiary/aromatic N) is 1. The molecule has 3 nitrogen and oxygen atoms in total. The third-order valence-corrected chi connectivity index (χ3v) is 2.61. The van der Waals surface area contributed by atoms with Crippen molar-refractivity contribution in [1.82, 2.24) is 10.2 Å². The lowest BCUT2D eigenvalue weighted by molar-refractivity contribution is 0.0816. The second kappa shape index (κ2) is 3.42. The molecular formula is C11H14N2O. The maximum atomic E-state index is 11.7. The summed E-state index contributed by atoms with van der Waals surface area (Å²) in [6.07, 6.45) is 0. The lowest BCUT2D eigenvalue weighted by atomic mass is 10.0. The van der Waals surface area contributed by atoms with Crippen molar-refractivity contribution in [3.8, 4) is 0 Å². The number of hydrogen-bond acceptors (Lipinski definition) is 2. The van der Waals surface area contributed by atoms with Crippen molar-refractivity contribution >= 4 is 5.91 Å². The van der Waals surface area contributed by atoms with Gasteiger partial charge in [0.1, 0.15) is 0 Å². The Labute approximate surface area is 83.7 Å². The summed E-state index contributed by atoms with van der Waals surface area (Å²) >= 11 is 0. The van der Waals surface area contributed by atoms with Gasteiger partial charge in [0.25, 0.3) is 5.91 Å². The topological polar surface area (TPSA) is 32.3 Å². The molecule has 0 spiro atoms. The molecule has 0 saturated carbocycles. The molecule has 2 rings (SSSR count). The normalized spacial score (nSPS) is 14.7. The number of nitrogens with one attached hydrogen (secondary N) is 1. The van der Waals surface area contributed by atoms with Crippen LogP contribution in [0.25, 0.3) is 0 Å². The number of rotatable bonds is 2. The first kappa shape index (κ1) is 9.21. The maximum Gasteiger partial charge on any atom is 0.254 e. The van der Waals surface area contributed by atoms with Crippen LogP contribution in [0.1, 0.15) is 21.5 Å². The van der Waals surface area contributed by atoms with E-state index >= 15 is 0 Å². The zero-order valence-corrected chi connectivity index (χ0v) is 8.50. The van der Waals surface area contributed by atoms with Gasteiger partial charge in [-0.2, -0.15) is 0 Å². The largest absolute Gasteiger partial charge is 0.337 e. The van der Waals surface area contributed by atoms with Gasteiger partial charge in [0.05, 0.1) is 0 Å². The monoisotopic (exact) mass is 190 g/mol. The molecule has 0 radical (unpaired) electrons. The van der Waals surface area contributed by atoms with Gasteiger partial charge in [-0.05, 0) is 24.2 Å². The van der Waals surface area contributed by atoms with E-state index in [2.05, 4.69) is 11.4 Å². The average Bonchev–Trinajstić information content (AvgIpc) is 2.46. The zero-order chi connectivity index (χ0) is 10.1. The summed E-state index contributed by atoms with van der Waals surface area (Å²) in [5.41, 5.74) is 3.26. The summed E-state index contributed by atoms with van der Waals surface area (Å²) < 4.78 is 0. The molecule has 0 aromatic heterocycles. The van der Waals surface area contributed by atoms with Gasteiger partial charge in [-0.25, -0.2) is 0 Å². The highest BCUT2D eigenvalue weighted by molar-refractivity contribution is 5.98. The predicted molar refractivity (Wildman–Crippen MR) is 55.0 cm³/mol. The molecule has 0 unspecified atom stereocenters. The maximum absolute atomic E-state index is 11.7. The van der Waals surface area contributed by atoms with Gasteiger partial charge >= 0.3 is 0 Å². The van der Waals surface area contributed by atoms with Crippen LogP contribution in [-0.4, -0.2) is 24.9 Å². The van der Waals surface area contributed by atoms with Crippen LogP contribution in [0, 0.1) is 0 Å². The van der Waals surface area contributed by atoms with Crippen LogP contribution >= 0.6 is 0 Å². The first-order valence-corrected chi connectivity index (χ1v) is 4.75. The Hall–Kier alpha value is -1.35. The van der Waals surface area contributed by atoms with Crippen LogP contribution in [0.5, 0.6) is 0 Å². The fourth-order valence-electron chi connectivity index (χ4n) is 1.89. The Bertz CT molecular complexity index is 374. The Balaban J connectivity index is 2.45. The summed E-state index contributed by atoms with van der Waals surface area (Å²) in [7, 11) is 3.76. The highest BCUT2D eigenvalue weighted by Gasteiger charge is 2.25. The van der Waals surface area contributed by atoms with Crippen molar-refractivity contribution in [3.05, 3.63) is 34.9 Å². The summed E-state index contributed by atoms with van der Waals surface area (Å²) in [6, 6.07) is 5.92. The fraction of sp³-hybridized carbons (Fsp3) is 0.364. The number of amides is 1. The minimum atomic E-state index is 0.137. The van der Waals surface area contributed by atoms with Crippen molar-refractivity contribution in [1.29, 1.82) is 0 Å². The highest BCUT2D eigenvalue weighted by Crippen LogP contribution is 2.24. The van der Waals surface area contributed by atoms with Gasteiger partial charge in [-0.15, -0.1) is 0 Å². The number of carbonyl (C=O) groups excluding carboxylic acids is 1. The fourth-order valence-corrected chi connectivity index (χ4v) is 1.89. The predicted octanol–water partition coefficient (Wildman–Crippen LogP) is 0.992. The molecule has 14 heavy (non-hydrogen) atoms. The van der Waals surface area contributed by atoms with E-state index < -0.39 is 0 Å². The smallest absolute Gasteiger partial charge is 0.254 e. The summed E-state index contributed by atoms with van der Waals surface area (Å²) in [4.78, 5) is 13.4. The van der Waals surface area contributed by atoms with E-state index in [-0.39, 0.29) is 5.91 Å². The molecule has 1 N–H and O–H groups in total. The molecule has 0 saturated heterocycles. The van der Waals surface area contributed by atoms with Crippen molar-refractivity contribution in [2.45, 2.75) is 13.1 Å². The third kappa shape index (κ3) is 1.30. The van der Waals surface area contributed by atoms with Gasteiger partial charge in [-0.3, -0.25) is 4.79 Å². The van der Waals surface area contributed by atoms with Crippen LogP contribution in [0.4, 0.5) is 0 Å². The molecule has 0 aliphatic carbocycles. The van der Waals surface area contributed by atoms with Gasteiger partial charge in [0, 0.05) is 25.7 Å². The summed E-state index contributed by atoms with van der Waals surface area (Å²) in [5.74, 6) is 0.137. The second-order valence-electron chi connectivity index (χ2n) is 3.63. The molecule has 0 fully saturated rings. The van der Waals surface area contributed by atoms with E-state index in [0.717, 1.165) is 18.7 Å². The second-order valence-corrected chi connectivity index (χ2v) is 3.63. The van der Waals surface area contributed by atoms with Gasteiger partial charge < -0.3 is 10.2 Å². The van der Waals surface area contributed by atoms with Crippen LogP contribution in [0.2, 0.25) is 0 Å². The Morgan fingerprint density at radius 1 is 1.50 bits per heavy atom. The molecule has 1 aliphatic heterocycles. The van der Waals surface area contributed by atoms with Crippen LogP contribution in [0.3, 0.4) is 0 Å². The lowest BCUT2D eigenvalue weighted by Gasteiger charge is -2.07. The highest BCUT2D eigenvalue weighted by atomic mass is 16.2. The molecule has 0 atom stereocenters. The number of carbonyl (C=O) groups is 1. The van der Waals surface area contributed by atoms with Crippen LogP contribution < -0.4 is 5.32 Å². The van der Waals surface area contributed by atoms with Crippen LogP contribution in [-0.2, 0) is 13.1 Å². The number of benzene rings is 1. The van der Waals surface area contributed by atoms with Gasteiger partial charge in [0.15, 0.2) is 0 Å². The summed E-state index contributed by atoms with van der Waals surface area (Å²) in [6.45, 7) is 1.57. The Kier molecular flexibility index (Phi) is 2.25. The van der Waals surface area contributed by atoms with Crippen LogP contribution in [0.15, 0.2) is 18.2 Å². The molecule has 1 aliphatic rings. The van der Waals surface area contributed by atoms with E-state index in [4.69, 9.17) is 0 Å². The van der Waals surface area contributed by atoms with Crippen molar-refractivity contribution in [2.75, 3.05) is 14.1 Å². The third-order valence-electron chi connectivity index (χ3n) is 2.61. The van der Waals surface area contributed by atoms with Crippen molar-refractivity contribution in [3.63, 3.8) is 0 Å². The van der Waals surface area contributed by atoms with E-state index in [9.17, 15) is 4.79 Å². The van der Waals surface area contributed by atoms with Gasteiger partial charge in [0.2, 0.25) is 0 Å². The standard InChI is InChI=1S/C11H14N2O/c1-12-6-8-4-3-5-9-10(8)7-13(2)11(9)14/h3-5,12H,6-7H2,1-2H3. The minimum absolute atomic E-state index is 0.137. The average molecular weight is 190 g/mol. The van der Waals surface area contributed by atoms with E-state index in [1.54, 1.807) is 4.90 Å². The molecule has 74 valence electrons. The minimum Gasteiger partial charge on any atom is -0.337 e. The Morgan fingerprint density at radius 3 is 3.00 bits per heavy atom. The first-order chi connectivity index (χ1) is 6.74. The number of hydrogen-bond donors (Lipinski definition) is 1. The van der Waals surface area contributed by atoms with Gasteiger partial charge in [-0.1, -0.05) is 12.1 Å². The summed E-state index contributed by atoms with van der Waals surface area (Å²) in [5, 5.41) is 3.11. The number of fused-ring (bicyclic) bond motifs is 1. The van der Waals surface area contributed by atoms with E-state index in [1.807, 2.05) is 26.2 Å². The quantitative estimate of drug-likeness (QED) is 0.754. The molecule has 1 aromatic rings. The van der Waals surface area contributed by atoms with E-state index in [0.29, 0.717) is 0 Å². The molecule has 0 bridgehead atoms. The van der Waals surface area contributed by atoms with Crippen molar-refractivity contribution < 1.29 is 4.79 Å². The molecule has 1 aromatic carbocycles. The van der Waals surface area contributed by atoms with E-state index in [1.165, 1.54) is 11.1 Å². The molecule has 1 amide bonds. The first-order valence-electron chi connectivity index (χ1n) is 4.75.